The van der Waals surface area contributed by atoms with Crippen LogP contribution in [-0.2, 0) is 5.41 Å². The van der Waals surface area contributed by atoms with Crippen molar-refractivity contribution in [1.29, 1.82) is 0 Å². The van der Waals surface area contributed by atoms with Crippen molar-refractivity contribution >= 4 is 17.4 Å². The van der Waals surface area contributed by atoms with Gasteiger partial charge in [-0.05, 0) is 44.9 Å². The van der Waals surface area contributed by atoms with E-state index < -0.39 is 0 Å². The highest BCUT2D eigenvalue weighted by molar-refractivity contribution is 6.31. The number of hydrazone groups is 1. The Bertz CT molecular complexity index is 788. The lowest BCUT2D eigenvalue weighted by atomic mass is 9.83. The number of ether oxygens (including phenoxy) is 1. The molecule has 3 rings (SSSR count). The lowest BCUT2D eigenvalue weighted by Crippen LogP contribution is -2.46. The van der Waals surface area contributed by atoms with Crippen molar-refractivity contribution in [2.75, 3.05) is 6.61 Å². The summed E-state index contributed by atoms with van der Waals surface area (Å²) in [7, 11) is 0. The van der Waals surface area contributed by atoms with Crippen LogP contribution < -0.4 is 15.6 Å². The first-order chi connectivity index (χ1) is 15.4. The van der Waals surface area contributed by atoms with Gasteiger partial charge >= 0.3 is 0 Å². The van der Waals surface area contributed by atoms with E-state index in [0.717, 1.165) is 35.5 Å². The summed E-state index contributed by atoms with van der Waals surface area (Å²) in [6.45, 7) is 9.46. The summed E-state index contributed by atoms with van der Waals surface area (Å²) in [5, 5.41) is 7.28. The maximum Gasteiger partial charge on any atom is 0.159 e. The van der Waals surface area contributed by atoms with Crippen LogP contribution in [0, 0.1) is 0 Å². The number of benzene rings is 1. The molecule has 32 heavy (non-hydrogen) atoms. The molecule has 178 valence electrons. The smallest absolute Gasteiger partial charge is 0.159 e. The molecule has 2 heterocycles. The number of fused-ring (bicyclic) bond motifs is 1. The molecule has 0 saturated carbocycles. The van der Waals surface area contributed by atoms with Crippen molar-refractivity contribution in [2.24, 2.45) is 5.10 Å². The van der Waals surface area contributed by atoms with Gasteiger partial charge in [-0.25, -0.2) is 10.4 Å². The van der Waals surface area contributed by atoms with Crippen molar-refractivity contribution in [2.45, 2.75) is 103 Å². The van der Waals surface area contributed by atoms with E-state index in [1.165, 1.54) is 63.4 Å². The highest BCUT2D eigenvalue weighted by Gasteiger charge is 2.42. The van der Waals surface area contributed by atoms with E-state index in [1.807, 2.05) is 11.9 Å². The van der Waals surface area contributed by atoms with E-state index in [0.29, 0.717) is 0 Å². The molecule has 1 unspecified atom stereocenters. The zero-order chi connectivity index (χ0) is 23.0. The van der Waals surface area contributed by atoms with Gasteiger partial charge in [-0.1, -0.05) is 88.4 Å². The second-order valence-corrected chi connectivity index (χ2v) is 10.0. The van der Waals surface area contributed by atoms with Crippen LogP contribution >= 0.6 is 11.6 Å². The van der Waals surface area contributed by atoms with E-state index in [9.17, 15) is 0 Å². The van der Waals surface area contributed by atoms with Crippen LogP contribution in [0.1, 0.15) is 97.5 Å². The Morgan fingerprint density at radius 2 is 1.56 bits per heavy atom. The lowest BCUT2D eigenvalue weighted by Gasteiger charge is -2.30. The third-order valence-corrected chi connectivity index (χ3v) is 7.04. The predicted molar refractivity (Wildman–Crippen MR) is 135 cm³/mol. The maximum atomic E-state index is 6.39. The second-order valence-electron chi connectivity index (χ2n) is 9.61. The number of nitrogens with one attached hydrogen (secondary N) is 2. The molecule has 2 N–H and O–H groups in total. The molecule has 6 heteroatoms. The maximum absolute atomic E-state index is 6.39. The van der Waals surface area contributed by atoms with E-state index >= 15 is 0 Å². The van der Waals surface area contributed by atoms with E-state index in [2.05, 4.69) is 61.0 Å². The van der Waals surface area contributed by atoms with Crippen LogP contribution in [0.3, 0.4) is 0 Å². The van der Waals surface area contributed by atoms with Gasteiger partial charge in [-0.3, -0.25) is 5.43 Å². The molecular formula is C26H41ClN4O. The minimum Gasteiger partial charge on any atom is -0.494 e. The summed E-state index contributed by atoms with van der Waals surface area (Å²) in [4.78, 5) is 0. The van der Waals surface area contributed by atoms with E-state index in [1.54, 1.807) is 0 Å². The molecule has 0 fully saturated rings. The number of rotatable bonds is 14. The van der Waals surface area contributed by atoms with Crippen molar-refractivity contribution < 1.29 is 4.74 Å². The summed E-state index contributed by atoms with van der Waals surface area (Å²) >= 11 is 6.39. The Labute approximate surface area is 199 Å². The minimum absolute atomic E-state index is 0.0852. The SMILES string of the molecule is CCCCCCCCCCCCOc1ccc(C(C)(C)C2=NNC3=C(Cl)C(C)NN23)cc1. The molecule has 1 aromatic carbocycles. The summed E-state index contributed by atoms with van der Waals surface area (Å²) in [5.41, 5.74) is 7.35. The monoisotopic (exact) mass is 460 g/mol. The number of nitrogens with zero attached hydrogens (tertiary/aromatic N) is 2. The van der Waals surface area contributed by atoms with Crippen LogP contribution in [0.4, 0.5) is 0 Å². The van der Waals surface area contributed by atoms with Gasteiger partial charge in [0.25, 0.3) is 0 Å². The highest BCUT2D eigenvalue weighted by Crippen LogP contribution is 2.34. The third kappa shape index (κ3) is 6.20. The summed E-state index contributed by atoms with van der Waals surface area (Å²) < 4.78 is 5.98. The molecule has 0 radical (unpaired) electrons. The van der Waals surface area contributed by atoms with E-state index in [-0.39, 0.29) is 11.5 Å². The van der Waals surface area contributed by atoms with Crippen molar-refractivity contribution in [1.82, 2.24) is 15.9 Å². The van der Waals surface area contributed by atoms with Gasteiger partial charge in [0, 0.05) is 0 Å². The quantitative estimate of drug-likeness (QED) is 0.300. The fourth-order valence-corrected chi connectivity index (χ4v) is 4.52. The van der Waals surface area contributed by atoms with E-state index in [4.69, 9.17) is 16.3 Å². The lowest BCUT2D eigenvalue weighted by molar-refractivity contribution is 0.304. The summed E-state index contributed by atoms with van der Waals surface area (Å²) in [6.07, 6.45) is 13.4. The van der Waals surface area contributed by atoms with Gasteiger partial charge < -0.3 is 4.74 Å². The number of halogens is 1. The number of unbranched alkanes of at least 4 members (excludes halogenated alkanes) is 9. The first-order valence-corrected chi connectivity index (χ1v) is 12.9. The van der Waals surface area contributed by atoms with Gasteiger partial charge in [0.2, 0.25) is 0 Å². The van der Waals surface area contributed by atoms with Crippen molar-refractivity contribution in [3.63, 3.8) is 0 Å². The minimum atomic E-state index is -0.280. The molecule has 0 spiro atoms. The Morgan fingerprint density at radius 1 is 0.969 bits per heavy atom. The molecule has 2 aliphatic heterocycles. The number of hydrogen-bond donors (Lipinski definition) is 2. The molecular weight excluding hydrogens is 420 g/mol. The standard InChI is InChI=1S/C26H41ClN4O/c1-5-6-7-8-9-10-11-12-13-14-19-32-22-17-15-21(16-18-22)26(3,4)25-29-28-24-23(27)20(2)30-31(24)25/h15-18,20,28,30H,5-14,19H2,1-4H3. The van der Waals surface area contributed by atoms with Crippen LogP contribution in [0.5, 0.6) is 5.75 Å². The fraction of sp³-hybridized carbons (Fsp3) is 0.654. The largest absolute Gasteiger partial charge is 0.494 e. The summed E-state index contributed by atoms with van der Waals surface area (Å²) in [5.74, 6) is 2.68. The highest BCUT2D eigenvalue weighted by atomic mass is 35.5. The Balaban J connectivity index is 1.37. The zero-order valence-corrected chi connectivity index (χ0v) is 21.1. The molecule has 1 aromatic rings. The first kappa shape index (κ1) is 24.9. The molecule has 0 saturated heterocycles. The van der Waals surface area contributed by atoms with Crippen LogP contribution in [0.15, 0.2) is 40.2 Å². The molecule has 0 amide bonds. The fourth-order valence-electron chi connectivity index (χ4n) is 4.35. The van der Waals surface area contributed by atoms with Crippen LogP contribution in [-0.4, -0.2) is 23.5 Å². The molecule has 0 bridgehead atoms. The molecule has 2 aliphatic rings. The average Bonchev–Trinajstić information content (AvgIpc) is 3.32. The Hall–Kier alpha value is -1.72. The van der Waals surface area contributed by atoms with Gasteiger partial charge in [-0.15, -0.1) is 0 Å². The molecule has 1 atom stereocenters. The number of hydrogen-bond acceptors (Lipinski definition) is 5. The Kier molecular flexibility index (Phi) is 9.30. The van der Waals surface area contributed by atoms with Crippen molar-refractivity contribution in [3.8, 4) is 5.75 Å². The van der Waals surface area contributed by atoms with Gasteiger partial charge in [0.1, 0.15) is 5.75 Å². The summed E-state index contributed by atoms with van der Waals surface area (Å²) in [6, 6.07) is 8.50. The van der Waals surface area contributed by atoms with Crippen molar-refractivity contribution in [3.05, 3.63) is 40.7 Å². The third-order valence-electron chi connectivity index (χ3n) is 6.53. The normalized spacial score (nSPS) is 18.1. The van der Waals surface area contributed by atoms with Crippen LogP contribution in [0.2, 0.25) is 0 Å². The average molecular weight is 461 g/mol. The number of amidine groups is 1. The molecule has 0 aliphatic carbocycles. The first-order valence-electron chi connectivity index (χ1n) is 12.5. The Morgan fingerprint density at radius 3 is 2.19 bits per heavy atom. The van der Waals surface area contributed by atoms with Gasteiger partial charge in [-0.2, -0.15) is 5.10 Å². The molecule has 5 nitrogen and oxygen atoms in total. The topological polar surface area (TPSA) is 48.9 Å². The second kappa shape index (κ2) is 11.9. The van der Waals surface area contributed by atoms with Gasteiger partial charge in [0.15, 0.2) is 11.7 Å². The van der Waals surface area contributed by atoms with Crippen LogP contribution in [0.25, 0.3) is 0 Å². The predicted octanol–water partition coefficient (Wildman–Crippen LogP) is 6.80. The molecule has 0 aromatic heterocycles. The van der Waals surface area contributed by atoms with Gasteiger partial charge in [0.05, 0.1) is 23.1 Å². The zero-order valence-electron chi connectivity index (χ0n) is 20.3. The number of hydrazine groups is 1.